The average Bonchev–Trinajstić information content (AvgIpc) is 2.51. The van der Waals surface area contributed by atoms with Crippen molar-refractivity contribution in [3.8, 4) is 0 Å². The van der Waals surface area contributed by atoms with Crippen molar-refractivity contribution >= 4 is 29.9 Å². The molecule has 0 unspecified atom stereocenters. The molecule has 1 amide bonds. The molecule has 122 valence electrons. The molecule has 3 nitrogen and oxygen atoms in total. The number of nitrogens with one attached hydrogen (secondary N) is 1. The summed E-state index contributed by atoms with van der Waals surface area (Å²) in [6.45, 7) is 3.56. The lowest BCUT2D eigenvalue weighted by Crippen LogP contribution is -2.47. The van der Waals surface area contributed by atoms with Crippen LogP contribution >= 0.6 is 24.0 Å². The van der Waals surface area contributed by atoms with Crippen LogP contribution in [0.1, 0.15) is 36.0 Å². The highest BCUT2D eigenvalue weighted by Crippen LogP contribution is 2.39. The van der Waals surface area contributed by atoms with Crippen LogP contribution in [0.5, 0.6) is 0 Å². The maximum absolute atomic E-state index is 14.0. The van der Waals surface area contributed by atoms with Crippen LogP contribution in [-0.4, -0.2) is 37.0 Å². The highest BCUT2D eigenvalue weighted by atomic mass is 35.5. The van der Waals surface area contributed by atoms with Crippen molar-refractivity contribution in [3.05, 3.63) is 34.6 Å². The number of likely N-dealkylation sites (tertiary alicyclic amines) is 1. The van der Waals surface area contributed by atoms with E-state index in [0.717, 1.165) is 25.9 Å². The molecule has 1 aromatic rings. The summed E-state index contributed by atoms with van der Waals surface area (Å²) in [5.74, 6) is -0.842. The Morgan fingerprint density at radius 3 is 2.45 bits per heavy atom. The van der Waals surface area contributed by atoms with E-state index in [2.05, 4.69) is 5.32 Å². The third kappa shape index (κ3) is 3.39. The van der Waals surface area contributed by atoms with Gasteiger partial charge in [-0.2, -0.15) is 0 Å². The zero-order chi connectivity index (χ0) is 14.9. The normalized spacial score (nSPS) is 20.5. The maximum Gasteiger partial charge on any atom is 0.256 e. The van der Waals surface area contributed by atoms with Gasteiger partial charge in [-0.3, -0.25) is 4.79 Å². The molecular weight excluding hydrogens is 326 g/mol. The molecule has 2 aliphatic heterocycles. The van der Waals surface area contributed by atoms with Gasteiger partial charge in [-0.1, -0.05) is 17.7 Å². The number of hydrogen-bond donors (Lipinski definition) is 1. The summed E-state index contributed by atoms with van der Waals surface area (Å²) >= 11 is 5.76. The van der Waals surface area contributed by atoms with Gasteiger partial charge in [-0.25, -0.2) is 4.39 Å². The van der Waals surface area contributed by atoms with E-state index in [0.29, 0.717) is 18.5 Å². The molecule has 1 spiro atoms. The van der Waals surface area contributed by atoms with Gasteiger partial charge in [-0.15, -0.1) is 12.4 Å². The number of benzene rings is 1. The van der Waals surface area contributed by atoms with Gasteiger partial charge in [0.1, 0.15) is 0 Å². The Kier molecular flexibility index (Phi) is 5.70. The van der Waals surface area contributed by atoms with Gasteiger partial charge in [0, 0.05) is 13.1 Å². The summed E-state index contributed by atoms with van der Waals surface area (Å²) in [7, 11) is 0. The van der Waals surface area contributed by atoms with Crippen LogP contribution in [0.15, 0.2) is 18.2 Å². The number of nitrogens with zero attached hydrogens (tertiary/aromatic N) is 1. The summed E-state index contributed by atoms with van der Waals surface area (Å²) < 4.78 is 14.0. The molecule has 0 bridgehead atoms. The first kappa shape index (κ1) is 17.5. The second-order valence-electron chi connectivity index (χ2n) is 6.14. The molecule has 2 fully saturated rings. The lowest BCUT2D eigenvalue weighted by molar-refractivity contribution is 0.0492. The van der Waals surface area contributed by atoms with E-state index in [1.54, 1.807) is 11.0 Å². The van der Waals surface area contributed by atoms with E-state index < -0.39 is 5.82 Å². The molecule has 0 saturated carbocycles. The Hall–Kier alpha value is -0.840. The van der Waals surface area contributed by atoms with Crippen LogP contribution in [0.3, 0.4) is 0 Å². The highest BCUT2D eigenvalue weighted by Gasteiger charge is 2.37. The fourth-order valence-corrected chi connectivity index (χ4v) is 3.66. The minimum absolute atomic E-state index is 0. The summed E-state index contributed by atoms with van der Waals surface area (Å²) in [6.07, 6.45) is 4.40. The van der Waals surface area contributed by atoms with Gasteiger partial charge in [0.05, 0.1) is 10.6 Å². The molecule has 2 saturated heterocycles. The number of halogens is 3. The fraction of sp³-hybridized carbons (Fsp3) is 0.562. The molecular formula is C16H21Cl2FN2O. The van der Waals surface area contributed by atoms with E-state index in [1.807, 2.05) is 0 Å². The molecule has 0 aliphatic carbocycles. The minimum atomic E-state index is -0.605. The Morgan fingerprint density at radius 1 is 1.18 bits per heavy atom. The first-order valence-corrected chi connectivity index (χ1v) is 7.93. The third-order valence-electron chi connectivity index (χ3n) is 4.96. The topological polar surface area (TPSA) is 32.3 Å². The molecule has 1 N–H and O–H groups in total. The second-order valence-corrected chi connectivity index (χ2v) is 6.55. The molecule has 1 aromatic carbocycles. The first-order chi connectivity index (χ1) is 10.1. The predicted octanol–water partition coefficient (Wildman–Crippen LogP) is 3.51. The van der Waals surface area contributed by atoms with E-state index in [-0.39, 0.29) is 28.9 Å². The van der Waals surface area contributed by atoms with Crippen molar-refractivity contribution in [2.75, 3.05) is 26.2 Å². The molecule has 0 aromatic heterocycles. The van der Waals surface area contributed by atoms with Crippen LogP contribution in [0, 0.1) is 11.2 Å². The molecule has 22 heavy (non-hydrogen) atoms. The van der Waals surface area contributed by atoms with Crippen molar-refractivity contribution in [2.24, 2.45) is 5.41 Å². The van der Waals surface area contributed by atoms with Gasteiger partial charge >= 0.3 is 0 Å². The second kappa shape index (κ2) is 7.16. The largest absolute Gasteiger partial charge is 0.339 e. The lowest BCUT2D eigenvalue weighted by Gasteiger charge is -2.44. The SMILES string of the molecule is Cl.O=C(c1cccc(Cl)c1F)N1CCC2(CCNCC2)CC1. The minimum Gasteiger partial charge on any atom is -0.339 e. The van der Waals surface area contributed by atoms with E-state index in [1.165, 1.54) is 25.0 Å². The van der Waals surface area contributed by atoms with Crippen LogP contribution in [-0.2, 0) is 0 Å². The van der Waals surface area contributed by atoms with Crippen LogP contribution < -0.4 is 5.32 Å². The Balaban J connectivity index is 0.00000176. The number of amides is 1. The molecule has 2 aliphatic rings. The maximum atomic E-state index is 14.0. The molecule has 3 rings (SSSR count). The van der Waals surface area contributed by atoms with Crippen molar-refractivity contribution in [1.82, 2.24) is 10.2 Å². The zero-order valence-electron chi connectivity index (χ0n) is 12.4. The fourth-order valence-electron chi connectivity index (χ4n) is 3.48. The number of carbonyl (C=O) groups excluding carboxylic acids is 1. The third-order valence-corrected chi connectivity index (χ3v) is 5.25. The van der Waals surface area contributed by atoms with Gasteiger partial charge in [0.2, 0.25) is 0 Å². The zero-order valence-corrected chi connectivity index (χ0v) is 14.0. The quantitative estimate of drug-likeness (QED) is 0.843. The van der Waals surface area contributed by atoms with Crippen LogP contribution in [0.4, 0.5) is 4.39 Å². The number of rotatable bonds is 1. The molecule has 6 heteroatoms. The Morgan fingerprint density at radius 2 is 1.82 bits per heavy atom. The average molecular weight is 347 g/mol. The van der Waals surface area contributed by atoms with E-state index >= 15 is 0 Å². The van der Waals surface area contributed by atoms with Gasteiger partial charge < -0.3 is 10.2 Å². The molecule has 0 atom stereocenters. The predicted molar refractivity (Wildman–Crippen MR) is 88.3 cm³/mol. The monoisotopic (exact) mass is 346 g/mol. The van der Waals surface area contributed by atoms with Crippen LogP contribution in [0.2, 0.25) is 5.02 Å². The first-order valence-electron chi connectivity index (χ1n) is 7.55. The van der Waals surface area contributed by atoms with E-state index in [9.17, 15) is 9.18 Å². The highest BCUT2D eigenvalue weighted by molar-refractivity contribution is 6.31. The number of piperidine rings is 2. The van der Waals surface area contributed by atoms with Crippen molar-refractivity contribution in [1.29, 1.82) is 0 Å². The summed E-state index contributed by atoms with van der Waals surface area (Å²) in [6, 6.07) is 4.60. The Labute approximate surface area is 141 Å². The molecule has 2 heterocycles. The Bertz CT molecular complexity index is 537. The van der Waals surface area contributed by atoms with Gasteiger partial charge in [0.15, 0.2) is 5.82 Å². The van der Waals surface area contributed by atoms with Crippen LogP contribution in [0.25, 0.3) is 0 Å². The summed E-state index contributed by atoms with van der Waals surface area (Å²) in [5, 5.41) is 3.39. The summed E-state index contributed by atoms with van der Waals surface area (Å²) in [4.78, 5) is 14.2. The van der Waals surface area contributed by atoms with Crippen molar-refractivity contribution in [3.63, 3.8) is 0 Å². The van der Waals surface area contributed by atoms with Crippen molar-refractivity contribution in [2.45, 2.75) is 25.7 Å². The van der Waals surface area contributed by atoms with Gasteiger partial charge in [-0.05, 0) is 56.3 Å². The number of carbonyl (C=O) groups is 1. The standard InChI is InChI=1S/C16H20ClFN2O.ClH/c17-13-3-1-2-12(14(13)18)15(21)20-10-6-16(7-11-20)4-8-19-9-5-16;/h1-3,19H,4-11H2;1H. The molecule has 0 radical (unpaired) electrons. The van der Waals surface area contributed by atoms with Gasteiger partial charge in [0.25, 0.3) is 5.91 Å². The summed E-state index contributed by atoms with van der Waals surface area (Å²) in [5.41, 5.74) is 0.471. The smallest absolute Gasteiger partial charge is 0.256 e. The number of hydrogen-bond acceptors (Lipinski definition) is 2. The lowest BCUT2D eigenvalue weighted by atomic mass is 9.71. The van der Waals surface area contributed by atoms with E-state index in [4.69, 9.17) is 11.6 Å². The van der Waals surface area contributed by atoms with Crippen molar-refractivity contribution < 1.29 is 9.18 Å².